The molecule has 25 heavy (non-hydrogen) atoms. The van der Waals surface area contributed by atoms with E-state index in [2.05, 4.69) is 58.6 Å². The van der Waals surface area contributed by atoms with Gasteiger partial charge in [-0.1, -0.05) is 18.2 Å². The third-order valence-electron chi connectivity index (χ3n) is 4.93. The summed E-state index contributed by atoms with van der Waals surface area (Å²) in [6.45, 7) is 6.26. The van der Waals surface area contributed by atoms with E-state index in [-0.39, 0.29) is 6.04 Å². The second-order valence-corrected chi connectivity index (χ2v) is 6.90. The van der Waals surface area contributed by atoms with Gasteiger partial charge < -0.3 is 20.0 Å². The molecule has 0 radical (unpaired) electrons. The number of nitrogens with one attached hydrogen (secondary N) is 2. The average molecular weight is 343 g/mol. The van der Waals surface area contributed by atoms with E-state index in [4.69, 9.17) is 4.42 Å². The van der Waals surface area contributed by atoms with Crippen LogP contribution in [-0.4, -0.2) is 69.1 Å². The van der Waals surface area contributed by atoms with Crippen molar-refractivity contribution in [1.29, 1.82) is 0 Å². The van der Waals surface area contributed by atoms with Gasteiger partial charge in [0.25, 0.3) is 0 Å². The molecule has 1 aliphatic heterocycles. The molecule has 1 aromatic carbocycles. The van der Waals surface area contributed by atoms with Gasteiger partial charge in [-0.25, -0.2) is 0 Å². The van der Waals surface area contributed by atoms with Gasteiger partial charge in [0.1, 0.15) is 11.3 Å². The lowest BCUT2D eigenvalue weighted by Crippen LogP contribution is -2.55. The smallest absolute Gasteiger partial charge is 0.191 e. The molecule has 0 bridgehead atoms. The van der Waals surface area contributed by atoms with Crippen molar-refractivity contribution in [2.75, 3.05) is 47.3 Å². The summed E-state index contributed by atoms with van der Waals surface area (Å²) in [4.78, 5) is 9.14. The number of likely N-dealkylation sites (N-methyl/N-ethyl adjacent to an activating group) is 2. The van der Waals surface area contributed by atoms with Crippen LogP contribution in [0.5, 0.6) is 0 Å². The Bertz CT molecular complexity index is 692. The standard InChI is InChI=1S/C19H29N5O/c1-14(18-11-15-7-5-6-8-17(15)25-18)22-19(20-2)21-12-16-13-23(3)9-10-24(16)4/h5-8,11,14,16H,9-10,12-13H2,1-4H3,(H2,20,21,22). The second-order valence-electron chi connectivity index (χ2n) is 6.90. The summed E-state index contributed by atoms with van der Waals surface area (Å²) in [7, 11) is 6.17. The molecule has 2 heterocycles. The summed E-state index contributed by atoms with van der Waals surface area (Å²) >= 11 is 0. The Labute approximate surface area is 149 Å². The summed E-state index contributed by atoms with van der Waals surface area (Å²) in [5.41, 5.74) is 0.918. The van der Waals surface area contributed by atoms with Crippen LogP contribution in [0.1, 0.15) is 18.7 Å². The molecule has 1 aromatic heterocycles. The molecule has 6 heteroatoms. The number of aliphatic imine (C=N–C) groups is 1. The minimum Gasteiger partial charge on any atom is -0.459 e. The van der Waals surface area contributed by atoms with Crippen LogP contribution < -0.4 is 10.6 Å². The fourth-order valence-electron chi connectivity index (χ4n) is 3.22. The van der Waals surface area contributed by atoms with Gasteiger partial charge in [0.2, 0.25) is 0 Å². The highest BCUT2D eigenvalue weighted by molar-refractivity contribution is 5.81. The van der Waals surface area contributed by atoms with Crippen molar-refractivity contribution in [3.05, 3.63) is 36.1 Å². The van der Waals surface area contributed by atoms with Gasteiger partial charge in [0.15, 0.2) is 5.96 Å². The Hall–Kier alpha value is -2.05. The molecular weight excluding hydrogens is 314 g/mol. The number of guanidine groups is 1. The quantitative estimate of drug-likeness (QED) is 0.656. The maximum absolute atomic E-state index is 5.94. The summed E-state index contributed by atoms with van der Waals surface area (Å²) in [5, 5.41) is 8.00. The van der Waals surface area contributed by atoms with Crippen LogP contribution in [0, 0.1) is 0 Å². The van der Waals surface area contributed by atoms with Crippen LogP contribution >= 0.6 is 0 Å². The highest BCUT2D eigenvalue weighted by atomic mass is 16.3. The molecule has 2 unspecified atom stereocenters. The lowest BCUT2D eigenvalue weighted by atomic mass is 10.2. The molecule has 1 fully saturated rings. The molecule has 6 nitrogen and oxygen atoms in total. The predicted molar refractivity (Wildman–Crippen MR) is 103 cm³/mol. The summed E-state index contributed by atoms with van der Waals surface area (Å²) < 4.78 is 5.94. The van der Waals surface area contributed by atoms with E-state index < -0.39 is 0 Å². The highest BCUT2D eigenvalue weighted by Crippen LogP contribution is 2.23. The number of hydrogen-bond donors (Lipinski definition) is 2. The van der Waals surface area contributed by atoms with Crippen molar-refractivity contribution in [3.8, 4) is 0 Å². The SMILES string of the molecule is CN=C(NCC1CN(C)CCN1C)NC(C)c1cc2ccccc2o1. The maximum atomic E-state index is 5.94. The molecule has 1 saturated heterocycles. The minimum absolute atomic E-state index is 0.0466. The van der Waals surface area contributed by atoms with Crippen molar-refractivity contribution >= 4 is 16.9 Å². The number of benzene rings is 1. The first-order valence-corrected chi connectivity index (χ1v) is 8.91. The van der Waals surface area contributed by atoms with E-state index in [1.54, 1.807) is 7.05 Å². The van der Waals surface area contributed by atoms with Gasteiger partial charge in [-0.05, 0) is 33.2 Å². The normalized spacial score (nSPS) is 21.4. The van der Waals surface area contributed by atoms with Gasteiger partial charge in [0, 0.05) is 44.7 Å². The lowest BCUT2D eigenvalue weighted by Gasteiger charge is -2.38. The second kappa shape index (κ2) is 7.89. The van der Waals surface area contributed by atoms with Crippen LogP contribution in [0.15, 0.2) is 39.7 Å². The molecule has 2 N–H and O–H groups in total. The topological polar surface area (TPSA) is 56.0 Å². The summed E-state index contributed by atoms with van der Waals surface area (Å²) in [6.07, 6.45) is 0. The molecule has 0 spiro atoms. The van der Waals surface area contributed by atoms with Gasteiger partial charge in [-0.2, -0.15) is 0 Å². The van der Waals surface area contributed by atoms with E-state index in [1.807, 2.05) is 18.2 Å². The van der Waals surface area contributed by atoms with Crippen LogP contribution in [0.3, 0.4) is 0 Å². The number of fused-ring (bicyclic) bond motifs is 1. The first-order valence-electron chi connectivity index (χ1n) is 8.91. The molecule has 0 amide bonds. The fraction of sp³-hybridized carbons (Fsp3) is 0.526. The van der Waals surface area contributed by atoms with Crippen molar-refractivity contribution < 1.29 is 4.42 Å². The number of piperazine rings is 1. The number of nitrogens with zero attached hydrogens (tertiary/aromatic N) is 3. The zero-order valence-electron chi connectivity index (χ0n) is 15.6. The average Bonchev–Trinajstić information content (AvgIpc) is 3.05. The van der Waals surface area contributed by atoms with Gasteiger partial charge >= 0.3 is 0 Å². The van der Waals surface area contributed by atoms with Crippen LogP contribution in [-0.2, 0) is 0 Å². The highest BCUT2D eigenvalue weighted by Gasteiger charge is 2.22. The largest absolute Gasteiger partial charge is 0.459 e. The number of hydrogen-bond acceptors (Lipinski definition) is 4. The monoisotopic (exact) mass is 343 g/mol. The molecular formula is C19H29N5O. The molecule has 2 atom stereocenters. The zero-order valence-corrected chi connectivity index (χ0v) is 15.6. The first kappa shape index (κ1) is 17.8. The molecule has 3 rings (SSSR count). The predicted octanol–water partition coefficient (Wildman–Crippen LogP) is 1.90. The number of rotatable bonds is 4. The van der Waals surface area contributed by atoms with Crippen LogP contribution in [0.4, 0.5) is 0 Å². The third kappa shape index (κ3) is 4.32. The van der Waals surface area contributed by atoms with E-state index in [9.17, 15) is 0 Å². The maximum Gasteiger partial charge on any atom is 0.191 e. The fourth-order valence-corrected chi connectivity index (χ4v) is 3.22. The Kier molecular flexibility index (Phi) is 5.60. The van der Waals surface area contributed by atoms with E-state index in [0.717, 1.165) is 48.9 Å². The summed E-state index contributed by atoms with van der Waals surface area (Å²) in [6, 6.07) is 10.7. The Morgan fingerprint density at radius 1 is 1.32 bits per heavy atom. The molecule has 2 aromatic rings. The van der Waals surface area contributed by atoms with Gasteiger partial charge in [-0.15, -0.1) is 0 Å². The number of para-hydroxylation sites is 1. The number of furan rings is 1. The van der Waals surface area contributed by atoms with E-state index in [0.29, 0.717) is 6.04 Å². The van der Waals surface area contributed by atoms with Gasteiger partial charge in [0.05, 0.1) is 6.04 Å². The van der Waals surface area contributed by atoms with Crippen molar-refractivity contribution in [2.45, 2.75) is 19.0 Å². The molecule has 1 aliphatic rings. The van der Waals surface area contributed by atoms with Crippen molar-refractivity contribution in [1.82, 2.24) is 20.4 Å². The summed E-state index contributed by atoms with van der Waals surface area (Å²) in [5.74, 6) is 1.72. The molecule has 0 aliphatic carbocycles. The van der Waals surface area contributed by atoms with Gasteiger partial charge in [-0.3, -0.25) is 9.89 Å². The van der Waals surface area contributed by atoms with Crippen LogP contribution in [0.2, 0.25) is 0 Å². The van der Waals surface area contributed by atoms with Crippen molar-refractivity contribution in [3.63, 3.8) is 0 Å². The Balaban J connectivity index is 1.58. The van der Waals surface area contributed by atoms with Crippen LogP contribution in [0.25, 0.3) is 11.0 Å². The van der Waals surface area contributed by atoms with Crippen molar-refractivity contribution in [2.24, 2.45) is 4.99 Å². The Morgan fingerprint density at radius 2 is 2.12 bits per heavy atom. The van der Waals surface area contributed by atoms with E-state index in [1.165, 1.54) is 0 Å². The minimum atomic E-state index is 0.0466. The molecule has 0 saturated carbocycles. The van der Waals surface area contributed by atoms with E-state index >= 15 is 0 Å². The third-order valence-corrected chi connectivity index (χ3v) is 4.93. The lowest BCUT2D eigenvalue weighted by molar-refractivity contribution is 0.116. The first-order chi connectivity index (χ1) is 12.1. The molecule has 136 valence electrons. The Morgan fingerprint density at radius 3 is 2.88 bits per heavy atom. The zero-order chi connectivity index (χ0) is 17.8.